The third-order valence-corrected chi connectivity index (χ3v) is 3.03. The zero-order chi connectivity index (χ0) is 13.9. The summed E-state index contributed by atoms with van der Waals surface area (Å²) in [5, 5.41) is 0. The second-order valence-corrected chi connectivity index (χ2v) is 4.27. The molecule has 0 aliphatic heterocycles. The van der Waals surface area contributed by atoms with E-state index in [1.54, 1.807) is 42.4 Å². The first kappa shape index (κ1) is 12.2. The van der Waals surface area contributed by atoms with Gasteiger partial charge in [0.1, 0.15) is 12.1 Å². The van der Waals surface area contributed by atoms with Gasteiger partial charge in [-0.1, -0.05) is 12.1 Å². The monoisotopic (exact) mass is 267 g/mol. The Morgan fingerprint density at radius 3 is 2.65 bits per heavy atom. The third-order valence-electron chi connectivity index (χ3n) is 3.03. The van der Waals surface area contributed by atoms with Gasteiger partial charge in [0.2, 0.25) is 0 Å². The van der Waals surface area contributed by atoms with Gasteiger partial charge in [-0.05, 0) is 36.4 Å². The number of fused-ring (bicyclic) bond motifs is 1. The average Bonchev–Trinajstić information content (AvgIpc) is 2.91. The molecule has 0 unspecified atom stereocenters. The van der Waals surface area contributed by atoms with Crippen molar-refractivity contribution < 1.29 is 9.53 Å². The van der Waals surface area contributed by atoms with E-state index in [9.17, 15) is 4.79 Å². The molecule has 2 aromatic carbocycles. The van der Waals surface area contributed by atoms with Gasteiger partial charge in [0.25, 0.3) is 5.91 Å². The van der Waals surface area contributed by atoms with E-state index < -0.39 is 0 Å². The van der Waals surface area contributed by atoms with Crippen LogP contribution in [-0.4, -0.2) is 22.7 Å². The van der Waals surface area contributed by atoms with Crippen LogP contribution < -0.4 is 10.2 Å². The highest BCUT2D eigenvalue weighted by atomic mass is 16.5. The normalized spacial score (nSPS) is 10.4. The number of amides is 1. The van der Waals surface area contributed by atoms with Crippen LogP contribution in [0.15, 0.2) is 54.9 Å². The number of methoxy groups -OCH3 is 1. The summed E-state index contributed by atoms with van der Waals surface area (Å²) in [6.45, 7) is 0. The molecule has 5 heteroatoms. The molecule has 1 N–H and O–H groups in total. The molecular formula is C15H13N3O2. The van der Waals surface area contributed by atoms with Crippen molar-refractivity contribution in [3.05, 3.63) is 60.4 Å². The van der Waals surface area contributed by atoms with E-state index >= 15 is 0 Å². The molecule has 5 nitrogen and oxygen atoms in total. The van der Waals surface area contributed by atoms with Crippen LogP contribution in [0.5, 0.6) is 5.75 Å². The summed E-state index contributed by atoms with van der Waals surface area (Å²) in [4.78, 5) is 16.4. The van der Waals surface area contributed by atoms with E-state index in [1.165, 1.54) is 0 Å². The predicted molar refractivity (Wildman–Crippen MR) is 76.4 cm³/mol. The first-order valence-electron chi connectivity index (χ1n) is 6.15. The highest BCUT2D eigenvalue weighted by molar-refractivity contribution is 6.00. The number of nitrogens with zero attached hydrogens (tertiary/aromatic N) is 2. The van der Waals surface area contributed by atoms with E-state index in [0.717, 1.165) is 16.8 Å². The number of rotatable bonds is 3. The van der Waals surface area contributed by atoms with Crippen LogP contribution in [0.3, 0.4) is 0 Å². The summed E-state index contributed by atoms with van der Waals surface area (Å²) in [7, 11) is 1.59. The molecule has 0 radical (unpaired) electrons. The fourth-order valence-corrected chi connectivity index (χ4v) is 1.96. The van der Waals surface area contributed by atoms with Crippen molar-refractivity contribution in [2.45, 2.75) is 0 Å². The lowest BCUT2D eigenvalue weighted by atomic mass is 10.2. The molecule has 0 aliphatic carbocycles. The van der Waals surface area contributed by atoms with Gasteiger partial charge in [-0.25, -0.2) is 9.66 Å². The van der Waals surface area contributed by atoms with Gasteiger partial charge in [0.15, 0.2) is 0 Å². The van der Waals surface area contributed by atoms with E-state index in [-0.39, 0.29) is 5.91 Å². The third kappa shape index (κ3) is 2.21. The highest BCUT2D eigenvalue weighted by Gasteiger charge is 2.08. The van der Waals surface area contributed by atoms with Gasteiger partial charge in [-0.3, -0.25) is 10.2 Å². The molecule has 0 saturated heterocycles. The topological polar surface area (TPSA) is 56.1 Å². The van der Waals surface area contributed by atoms with E-state index in [4.69, 9.17) is 4.74 Å². The Balaban J connectivity index is 1.84. The van der Waals surface area contributed by atoms with Crippen LogP contribution in [0.4, 0.5) is 0 Å². The number of hydrogen-bond donors (Lipinski definition) is 1. The Morgan fingerprint density at radius 1 is 1.15 bits per heavy atom. The summed E-state index contributed by atoms with van der Waals surface area (Å²) < 4.78 is 6.68. The zero-order valence-electron chi connectivity index (χ0n) is 10.9. The highest BCUT2D eigenvalue weighted by Crippen LogP contribution is 2.13. The van der Waals surface area contributed by atoms with Gasteiger partial charge < -0.3 is 4.74 Å². The molecule has 1 amide bonds. The minimum absolute atomic E-state index is 0.198. The summed E-state index contributed by atoms with van der Waals surface area (Å²) in [6.07, 6.45) is 1.59. The number of carbonyl (C=O) groups is 1. The zero-order valence-corrected chi connectivity index (χ0v) is 10.9. The maximum absolute atomic E-state index is 12.2. The minimum atomic E-state index is -0.198. The molecule has 20 heavy (non-hydrogen) atoms. The molecule has 0 aliphatic rings. The Kier molecular flexibility index (Phi) is 3.09. The summed E-state index contributed by atoms with van der Waals surface area (Å²) in [6, 6.07) is 14.5. The summed E-state index contributed by atoms with van der Waals surface area (Å²) in [5.41, 5.74) is 5.04. The van der Waals surface area contributed by atoms with Gasteiger partial charge in [0.05, 0.1) is 18.1 Å². The van der Waals surface area contributed by atoms with E-state index in [0.29, 0.717) is 5.56 Å². The van der Waals surface area contributed by atoms with Crippen LogP contribution in [0.1, 0.15) is 10.4 Å². The summed E-state index contributed by atoms with van der Waals surface area (Å²) in [5.74, 6) is 0.519. The first-order valence-corrected chi connectivity index (χ1v) is 6.15. The Morgan fingerprint density at radius 2 is 1.90 bits per heavy atom. The van der Waals surface area contributed by atoms with Gasteiger partial charge in [-0.15, -0.1) is 0 Å². The second kappa shape index (κ2) is 5.05. The van der Waals surface area contributed by atoms with Crippen LogP contribution in [0.2, 0.25) is 0 Å². The van der Waals surface area contributed by atoms with Gasteiger partial charge >= 0.3 is 0 Å². The van der Waals surface area contributed by atoms with Gasteiger partial charge in [0, 0.05) is 5.56 Å². The standard InChI is InChI=1S/C15H13N3O2/c1-20-12-8-6-11(7-9-12)15(19)17-18-10-16-13-4-2-3-5-14(13)18/h2-10H,1H3,(H,17,19). The molecule has 1 aromatic heterocycles. The van der Waals surface area contributed by atoms with Crippen molar-refractivity contribution in [2.75, 3.05) is 12.5 Å². The maximum atomic E-state index is 12.2. The molecule has 0 spiro atoms. The minimum Gasteiger partial charge on any atom is -0.497 e. The molecule has 0 bridgehead atoms. The first-order chi connectivity index (χ1) is 9.78. The van der Waals surface area contributed by atoms with Crippen molar-refractivity contribution >= 4 is 16.9 Å². The molecular weight excluding hydrogens is 254 g/mol. The Hall–Kier alpha value is -2.82. The number of hydrogen-bond acceptors (Lipinski definition) is 3. The average molecular weight is 267 g/mol. The van der Waals surface area contributed by atoms with Crippen molar-refractivity contribution in [2.24, 2.45) is 0 Å². The predicted octanol–water partition coefficient (Wildman–Crippen LogP) is 2.43. The number of benzene rings is 2. The number of carbonyl (C=O) groups excluding carboxylic acids is 1. The van der Waals surface area contributed by atoms with Crippen LogP contribution in [0, 0.1) is 0 Å². The number of aromatic nitrogens is 2. The molecule has 3 rings (SSSR count). The SMILES string of the molecule is COc1ccc(C(=O)Nn2cnc3ccccc32)cc1. The number of ether oxygens (including phenoxy) is 1. The summed E-state index contributed by atoms with van der Waals surface area (Å²) >= 11 is 0. The second-order valence-electron chi connectivity index (χ2n) is 4.27. The lowest BCUT2D eigenvalue weighted by molar-refractivity contribution is 0.101. The van der Waals surface area contributed by atoms with Crippen LogP contribution >= 0.6 is 0 Å². The Labute approximate surface area is 115 Å². The molecule has 1 heterocycles. The van der Waals surface area contributed by atoms with Crippen LogP contribution in [-0.2, 0) is 0 Å². The lowest BCUT2D eigenvalue weighted by Gasteiger charge is -2.07. The van der Waals surface area contributed by atoms with Crippen molar-refractivity contribution in [3.63, 3.8) is 0 Å². The number of para-hydroxylation sites is 2. The molecule has 0 saturated carbocycles. The molecule has 0 fully saturated rings. The Bertz CT molecular complexity index is 747. The molecule has 100 valence electrons. The molecule has 0 atom stereocenters. The number of nitrogens with one attached hydrogen (secondary N) is 1. The number of imidazole rings is 1. The van der Waals surface area contributed by atoms with E-state index in [1.807, 2.05) is 24.3 Å². The van der Waals surface area contributed by atoms with Crippen molar-refractivity contribution in [1.82, 2.24) is 9.66 Å². The van der Waals surface area contributed by atoms with E-state index in [2.05, 4.69) is 10.4 Å². The fourth-order valence-electron chi connectivity index (χ4n) is 1.96. The van der Waals surface area contributed by atoms with Crippen molar-refractivity contribution in [3.8, 4) is 5.75 Å². The van der Waals surface area contributed by atoms with Gasteiger partial charge in [-0.2, -0.15) is 0 Å². The smallest absolute Gasteiger partial charge is 0.270 e. The quantitative estimate of drug-likeness (QED) is 0.793. The largest absolute Gasteiger partial charge is 0.497 e. The molecule has 3 aromatic rings. The van der Waals surface area contributed by atoms with Crippen molar-refractivity contribution in [1.29, 1.82) is 0 Å². The maximum Gasteiger partial charge on any atom is 0.270 e. The van der Waals surface area contributed by atoms with Crippen LogP contribution in [0.25, 0.3) is 11.0 Å². The fraction of sp³-hybridized carbons (Fsp3) is 0.0667. The lowest BCUT2D eigenvalue weighted by Crippen LogP contribution is -2.21.